The van der Waals surface area contributed by atoms with Crippen LogP contribution in [0.1, 0.15) is 58.4 Å². The number of hydrogen-bond donors (Lipinski definition) is 1. The molecule has 2 amide bonds. The van der Waals surface area contributed by atoms with Gasteiger partial charge in [-0.05, 0) is 60.8 Å². The Hall–Kier alpha value is -2.04. The Morgan fingerprint density at radius 3 is 2.32 bits per heavy atom. The molecule has 0 atom stereocenters. The molecular weight excluding hydrogens is 350 g/mol. The van der Waals surface area contributed by atoms with E-state index in [-0.39, 0.29) is 23.1 Å². The fraction of sp³-hybridized carbons (Fsp3) is 0.652. The van der Waals surface area contributed by atoms with Crippen molar-refractivity contribution in [2.45, 2.75) is 59.4 Å². The van der Waals surface area contributed by atoms with Gasteiger partial charge in [0, 0.05) is 50.9 Å². The summed E-state index contributed by atoms with van der Waals surface area (Å²) in [6.07, 6.45) is 4.97. The number of carbonyl (C=O) groups is 2. The van der Waals surface area contributed by atoms with E-state index in [1.54, 1.807) is 0 Å². The maximum Gasteiger partial charge on any atom is 0.227 e. The normalized spacial score (nSPS) is 16.6. The molecule has 0 aromatic heterocycles. The number of hydrogen-bond acceptors (Lipinski definition) is 3. The maximum atomic E-state index is 13.0. The Labute approximate surface area is 169 Å². The Balaban J connectivity index is 1.80. The van der Waals surface area contributed by atoms with Crippen LogP contribution in [0.25, 0.3) is 0 Å². The summed E-state index contributed by atoms with van der Waals surface area (Å²) in [6.45, 7) is 7.75. The van der Waals surface area contributed by atoms with E-state index in [1.807, 2.05) is 37.2 Å². The first-order valence-electron chi connectivity index (χ1n) is 10.5. The van der Waals surface area contributed by atoms with E-state index < -0.39 is 0 Å². The summed E-state index contributed by atoms with van der Waals surface area (Å²) in [5, 5.41) is 3.04. The van der Waals surface area contributed by atoms with Crippen molar-refractivity contribution in [1.29, 1.82) is 0 Å². The van der Waals surface area contributed by atoms with Gasteiger partial charge in [-0.1, -0.05) is 20.8 Å². The van der Waals surface area contributed by atoms with Gasteiger partial charge >= 0.3 is 0 Å². The molecule has 0 heterocycles. The van der Waals surface area contributed by atoms with E-state index in [4.69, 9.17) is 0 Å². The molecule has 0 aliphatic heterocycles. The summed E-state index contributed by atoms with van der Waals surface area (Å²) >= 11 is 0. The van der Waals surface area contributed by atoms with Crippen molar-refractivity contribution in [2.75, 3.05) is 30.9 Å². The molecule has 2 aliphatic rings. The molecule has 28 heavy (non-hydrogen) atoms. The van der Waals surface area contributed by atoms with Crippen molar-refractivity contribution in [3.8, 4) is 0 Å². The molecule has 2 aliphatic carbocycles. The third-order valence-electron chi connectivity index (χ3n) is 5.35. The monoisotopic (exact) mass is 385 g/mol. The molecule has 0 saturated heterocycles. The lowest BCUT2D eigenvalue weighted by Gasteiger charge is -2.29. The Morgan fingerprint density at radius 2 is 1.79 bits per heavy atom. The first-order valence-corrected chi connectivity index (χ1v) is 10.5. The molecule has 1 aromatic carbocycles. The van der Waals surface area contributed by atoms with E-state index in [2.05, 4.69) is 31.0 Å². The molecule has 1 aromatic rings. The van der Waals surface area contributed by atoms with Crippen LogP contribution in [0.3, 0.4) is 0 Å². The summed E-state index contributed by atoms with van der Waals surface area (Å²) in [6, 6.07) is 6.04. The summed E-state index contributed by atoms with van der Waals surface area (Å²) in [4.78, 5) is 29.3. The number of benzene rings is 1. The average Bonchev–Trinajstić information content (AvgIpc) is 3.45. The molecule has 154 valence electrons. The Kier molecular flexibility index (Phi) is 6.01. The SMILES string of the molecule is CN(C)c1ccc(NC(=O)C2CC2)cc1CN(CC1CC1)C(=O)CC(C)(C)C. The highest BCUT2D eigenvalue weighted by molar-refractivity contribution is 5.94. The van der Waals surface area contributed by atoms with Gasteiger partial charge in [0.2, 0.25) is 11.8 Å². The van der Waals surface area contributed by atoms with Crippen LogP contribution in [0.5, 0.6) is 0 Å². The molecule has 2 saturated carbocycles. The summed E-state index contributed by atoms with van der Waals surface area (Å²) in [7, 11) is 4.03. The van der Waals surface area contributed by atoms with Gasteiger partial charge in [-0.2, -0.15) is 0 Å². The summed E-state index contributed by atoms with van der Waals surface area (Å²) in [5.41, 5.74) is 2.98. The predicted molar refractivity (Wildman–Crippen MR) is 114 cm³/mol. The number of nitrogens with zero attached hydrogens (tertiary/aromatic N) is 2. The Morgan fingerprint density at radius 1 is 1.11 bits per heavy atom. The van der Waals surface area contributed by atoms with Gasteiger partial charge in [0.1, 0.15) is 0 Å². The van der Waals surface area contributed by atoms with Crippen molar-refractivity contribution in [1.82, 2.24) is 4.90 Å². The first kappa shape index (κ1) is 20.7. The van der Waals surface area contributed by atoms with Crippen molar-refractivity contribution >= 4 is 23.2 Å². The minimum absolute atomic E-state index is 0.0245. The van der Waals surface area contributed by atoms with Crippen molar-refractivity contribution < 1.29 is 9.59 Å². The molecule has 3 rings (SSSR count). The molecule has 5 heteroatoms. The van der Waals surface area contributed by atoms with Crippen LogP contribution in [-0.2, 0) is 16.1 Å². The quantitative estimate of drug-likeness (QED) is 0.727. The largest absolute Gasteiger partial charge is 0.377 e. The molecule has 5 nitrogen and oxygen atoms in total. The van der Waals surface area contributed by atoms with Gasteiger partial charge in [0.15, 0.2) is 0 Å². The van der Waals surface area contributed by atoms with E-state index in [0.717, 1.165) is 36.3 Å². The lowest BCUT2D eigenvalue weighted by molar-refractivity contribution is -0.134. The second-order valence-electron chi connectivity index (χ2n) is 9.96. The lowest BCUT2D eigenvalue weighted by Crippen LogP contribution is -2.35. The average molecular weight is 386 g/mol. The fourth-order valence-electron chi connectivity index (χ4n) is 3.45. The van der Waals surface area contributed by atoms with E-state index in [0.29, 0.717) is 18.9 Å². The highest BCUT2D eigenvalue weighted by Crippen LogP contribution is 2.34. The highest BCUT2D eigenvalue weighted by atomic mass is 16.2. The van der Waals surface area contributed by atoms with Crippen LogP contribution in [-0.4, -0.2) is 37.4 Å². The van der Waals surface area contributed by atoms with Crippen LogP contribution in [0, 0.1) is 17.3 Å². The molecule has 1 N–H and O–H groups in total. The van der Waals surface area contributed by atoms with Gasteiger partial charge < -0.3 is 15.1 Å². The topological polar surface area (TPSA) is 52.7 Å². The summed E-state index contributed by atoms with van der Waals surface area (Å²) < 4.78 is 0. The zero-order chi connectivity index (χ0) is 20.5. The maximum absolute atomic E-state index is 13.0. The fourth-order valence-corrected chi connectivity index (χ4v) is 3.45. The van der Waals surface area contributed by atoms with Crippen LogP contribution < -0.4 is 10.2 Å². The number of carbonyl (C=O) groups excluding carboxylic acids is 2. The molecule has 2 fully saturated rings. The molecular formula is C23H35N3O2. The van der Waals surface area contributed by atoms with Gasteiger partial charge in [0.25, 0.3) is 0 Å². The van der Waals surface area contributed by atoms with Crippen LogP contribution in [0.4, 0.5) is 11.4 Å². The third kappa shape index (κ3) is 5.98. The predicted octanol–water partition coefficient (Wildman–Crippen LogP) is 4.28. The number of anilines is 2. The zero-order valence-corrected chi connectivity index (χ0v) is 18.0. The van der Waals surface area contributed by atoms with Crippen molar-refractivity contribution in [3.63, 3.8) is 0 Å². The van der Waals surface area contributed by atoms with Gasteiger partial charge in [0.05, 0.1) is 0 Å². The van der Waals surface area contributed by atoms with Gasteiger partial charge in [-0.3, -0.25) is 9.59 Å². The van der Waals surface area contributed by atoms with Crippen molar-refractivity contribution in [2.24, 2.45) is 17.3 Å². The zero-order valence-electron chi connectivity index (χ0n) is 18.0. The second kappa shape index (κ2) is 8.14. The number of rotatable bonds is 8. The minimum Gasteiger partial charge on any atom is -0.377 e. The van der Waals surface area contributed by atoms with Crippen LogP contribution >= 0.6 is 0 Å². The smallest absolute Gasteiger partial charge is 0.227 e. The number of nitrogens with one attached hydrogen (secondary N) is 1. The van der Waals surface area contributed by atoms with Crippen molar-refractivity contribution in [3.05, 3.63) is 23.8 Å². The Bertz CT molecular complexity index is 728. The standard InChI is InChI=1S/C23H35N3O2/c1-23(2,3)13-21(27)26(14-16-6-7-16)15-18-12-19(10-11-20(18)25(4)5)24-22(28)17-8-9-17/h10-12,16-17H,6-9,13-15H2,1-5H3,(H,24,28). The van der Waals surface area contributed by atoms with Gasteiger partial charge in [-0.15, -0.1) is 0 Å². The molecule has 0 unspecified atom stereocenters. The molecule has 0 spiro atoms. The minimum atomic E-state index is -0.0245. The number of amides is 2. The van der Waals surface area contributed by atoms with Crippen LogP contribution in [0.2, 0.25) is 0 Å². The highest BCUT2D eigenvalue weighted by Gasteiger charge is 2.31. The van der Waals surface area contributed by atoms with E-state index in [9.17, 15) is 9.59 Å². The van der Waals surface area contributed by atoms with Crippen LogP contribution in [0.15, 0.2) is 18.2 Å². The first-order chi connectivity index (χ1) is 13.1. The van der Waals surface area contributed by atoms with Gasteiger partial charge in [-0.25, -0.2) is 0 Å². The molecule has 0 radical (unpaired) electrons. The third-order valence-corrected chi connectivity index (χ3v) is 5.35. The second-order valence-corrected chi connectivity index (χ2v) is 9.96. The van der Waals surface area contributed by atoms with E-state index in [1.165, 1.54) is 12.8 Å². The van der Waals surface area contributed by atoms with E-state index >= 15 is 0 Å². The molecule has 0 bridgehead atoms. The lowest BCUT2D eigenvalue weighted by atomic mass is 9.91. The summed E-state index contributed by atoms with van der Waals surface area (Å²) in [5.74, 6) is 1.15.